The first-order chi connectivity index (χ1) is 13.1. The molecule has 160 valence electrons. The third-order valence-corrected chi connectivity index (χ3v) is 5.66. The van der Waals surface area contributed by atoms with Crippen LogP contribution in [0.1, 0.15) is 57.9 Å². The van der Waals surface area contributed by atoms with E-state index in [4.69, 9.17) is 4.52 Å². The maximum absolute atomic E-state index is 12.7. The van der Waals surface area contributed by atoms with E-state index in [1.54, 1.807) is 12.4 Å². The Labute approximate surface area is 183 Å². The number of pyridine rings is 1. The number of amides is 1. The van der Waals surface area contributed by atoms with Crippen LogP contribution in [0.3, 0.4) is 0 Å². The molecule has 2 bridgehead atoms. The second-order valence-corrected chi connectivity index (χ2v) is 8.17. The molecule has 0 spiro atoms. The zero-order valence-electron chi connectivity index (χ0n) is 16.7. The number of carbonyl (C=O) groups excluding carboxylic acids is 1. The van der Waals surface area contributed by atoms with Crippen molar-refractivity contribution in [3.05, 3.63) is 30.4 Å². The monoisotopic (exact) mass is 441 g/mol. The Morgan fingerprint density at radius 1 is 1.28 bits per heavy atom. The van der Waals surface area contributed by atoms with E-state index >= 15 is 0 Å². The second-order valence-electron chi connectivity index (χ2n) is 8.17. The molecule has 2 aliphatic heterocycles. The van der Waals surface area contributed by atoms with Crippen molar-refractivity contribution in [1.29, 1.82) is 0 Å². The van der Waals surface area contributed by atoms with Gasteiger partial charge in [0.15, 0.2) is 0 Å². The molecule has 2 aromatic rings. The highest BCUT2D eigenvalue weighted by Gasteiger charge is 2.35. The topological polar surface area (TPSA) is 92.9 Å². The summed E-state index contributed by atoms with van der Waals surface area (Å²) in [7, 11) is 0. The fraction of sp³-hybridized carbons (Fsp3) is 0.600. The molecular weight excluding hydrogens is 413 g/mol. The van der Waals surface area contributed by atoms with Gasteiger partial charge in [0.2, 0.25) is 17.6 Å². The van der Waals surface area contributed by atoms with Crippen LogP contribution in [-0.4, -0.2) is 33.1 Å². The number of nitrogens with one attached hydrogen (secondary N) is 2. The summed E-state index contributed by atoms with van der Waals surface area (Å²) in [5.41, 5.74) is 0.798. The molecule has 4 heterocycles. The standard InChI is InChI=1S/C20H27N5O2.2ClH/c1-12(2)18(20-24-19(25-27-20)14-4-3-7-21-11-14)23-17(26)10-13-8-15-5-6-16(9-13)22-15;;/h3-4,7,11-13,15-16,18,22H,5-6,8-10H2,1-2H3,(H,23,26);2*1H. The van der Waals surface area contributed by atoms with Crippen molar-refractivity contribution in [2.45, 2.75) is 64.1 Å². The number of carbonyl (C=O) groups is 1. The normalized spacial score (nSPS) is 23.8. The van der Waals surface area contributed by atoms with Crippen molar-refractivity contribution in [1.82, 2.24) is 25.8 Å². The predicted octanol–water partition coefficient (Wildman–Crippen LogP) is 3.71. The Bertz CT molecular complexity index is 774. The molecule has 2 saturated heterocycles. The van der Waals surface area contributed by atoms with Crippen LogP contribution in [0.25, 0.3) is 11.4 Å². The molecule has 0 saturated carbocycles. The number of hydrogen-bond donors (Lipinski definition) is 2. The zero-order chi connectivity index (χ0) is 18.8. The Morgan fingerprint density at radius 2 is 2.00 bits per heavy atom. The largest absolute Gasteiger partial charge is 0.344 e. The fourth-order valence-electron chi connectivity index (χ4n) is 4.32. The van der Waals surface area contributed by atoms with Crippen molar-refractivity contribution in [2.75, 3.05) is 0 Å². The number of piperidine rings is 1. The van der Waals surface area contributed by atoms with E-state index in [-0.39, 0.29) is 42.7 Å². The van der Waals surface area contributed by atoms with Gasteiger partial charge in [0.1, 0.15) is 6.04 Å². The van der Waals surface area contributed by atoms with Crippen LogP contribution in [-0.2, 0) is 4.79 Å². The second kappa shape index (κ2) is 10.4. The molecule has 2 fully saturated rings. The summed E-state index contributed by atoms with van der Waals surface area (Å²) in [5, 5.41) is 10.8. The SMILES string of the molecule is CC(C)C(NC(=O)CC1CC2CCC(C1)N2)c1nc(-c2cccnc2)no1.Cl.Cl. The molecule has 3 unspecified atom stereocenters. The van der Waals surface area contributed by atoms with Crippen LogP contribution < -0.4 is 10.6 Å². The highest BCUT2D eigenvalue weighted by molar-refractivity contribution is 5.85. The van der Waals surface area contributed by atoms with Gasteiger partial charge < -0.3 is 15.2 Å². The van der Waals surface area contributed by atoms with E-state index in [2.05, 4.69) is 25.8 Å². The van der Waals surface area contributed by atoms with Crippen LogP contribution in [0, 0.1) is 11.8 Å². The lowest BCUT2D eigenvalue weighted by Crippen LogP contribution is -2.40. The molecule has 3 atom stereocenters. The quantitative estimate of drug-likeness (QED) is 0.709. The smallest absolute Gasteiger partial charge is 0.249 e. The molecule has 1 amide bonds. The number of rotatable bonds is 6. The minimum atomic E-state index is -0.283. The molecule has 7 nitrogen and oxygen atoms in total. The van der Waals surface area contributed by atoms with Gasteiger partial charge in [-0.25, -0.2) is 0 Å². The van der Waals surface area contributed by atoms with Gasteiger partial charge in [0.25, 0.3) is 0 Å². The lowest BCUT2D eigenvalue weighted by molar-refractivity contribution is -0.123. The van der Waals surface area contributed by atoms with Gasteiger partial charge >= 0.3 is 0 Å². The number of halogens is 2. The summed E-state index contributed by atoms with van der Waals surface area (Å²) in [6, 6.07) is 4.63. The fourth-order valence-corrected chi connectivity index (χ4v) is 4.32. The van der Waals surface area contributed by atoms with Crippen molar-refractivity contribution in [3.63, 3.8) is 0 Å². The molecule has 9 heteroatoms. The summed E-state index contributed by atoms with van der Waals surface area (Å²) in [6.07, 6.45) is 8.66. The third-order valence-electron chi connectivity index (χ3n) is 5.66. The van der Waals surface area contributed by atoms with Crippen LogP contribution in [0.4, 0.5) is 0 Å². The van der Waals surface area contributed by atoms with Crippen LogP contribution in [0.5, 0.6) is 0 Å². The van der Waals surface area contributed by atoms with E-state index in [1.807, 2.05) is 26.0 Å². The molecule has 4 rings (SSSR count). The van der Waals surface area contributed by atoms with Crippen molar-refractivity contribution in [2.24, 2.45) is 11.8 Å². The Kier molecular flexibility index (Phi) is 8.43. The first-order valence-electron chi connectivity index (χ1n) is 9.88. The average molecular weight is 442 g/mol. The first-order valence-corrected chi connectivity index (χ1v) is 9.88. The summed E-state index contributed by atoms with van der Waals surface area (Å²) in [4.78, 5) is 21.3. The minimum absolute atomic E-state index is 0. The first kappa shape index (κ1) is 23.6. The Morgan fingerprint density at radius 3 is 2.62 bits per heavy atom. The van der Waals surface area contributed by atoms with Gasteiger partial charge in [-0.2, -0.15) is 4.98 Å². The summed E-state index contributed by atoms with van der Waals surface area (Å²) >= 11 is 0. The number of fused-ring (bicyclic) bond motifs is 2. The van der Waals surface area contributed by atoms with E-state index in [0.717, 1.165) is 18.4 Å². The van der Waals surface area contributed by atoms with Gasteiger partial charge in [-0.3, -0.25) is 9.78 Å². The number of aromatic nitrogens is 3. The molecule has 2 aromatic heterocycles. The summed E-state index contributed by atoms with van der Waals surface area (Å²) < 4.78 is 5.46. The Balaban J connectivity index is 0.00000150. The molecule has 2 aliphatic rings. The van der Waals surface area contributed by atoms with E-state index in [9.17, 15) is 4.79 Å². The Hall–Kier alpha value is -1.70. The summed E-state index contributed by atoms with van der Waals surface area (Å²) in [5.74, 6) is 1.63. The highest BCUT2D eigenvalue weighted by Crippen LogP contribution is 2.33. The molecule has 0 aromatic carbocycles. The molecule has 0 radical (unpaired) electrons. The van der Waals surface area contributed by atoms with Crippen LogP contribution >= 0.6 is 24.8 Å². The molecule has 29 heavy (non-hydrogen) atoms. The maximum atomic E-state index is 12.7. The summed E-state index contributed by atoms with van der Waals surface area (Å²) in [6.45, 7) is 4.09. The highest BCUT2D eigenvalue weighted by atomic mass is 35.5. The van der Waals surface area contributed by atoms with Crippen LogP contribution in [0.15, 0.2) is 29.0 Å². The number of hydrogen-bond acceptors (Lipinski definition) is 6. The van der Waals surface area contributed by atoms with Gasteiger partial charge in [-0.1, -0.05) is 19.0 Å². The van der Waals surface area contributed by atoms with Crippen molar-refractivity contribution < 1.29 is 9.32 Å². The lowest BCUT2D eigenvalue weighted by Gasteiger charge is -2.29. The predicted molar refractivity (Wildman–Crippen MR) is 115 cm³/mol. The minimum Gasteiger partial charge on any atom is -0.344 e. The van der Waals surface area contributed by atoms with Crippen LogP contribution in [0.2, 0.25) is 0 Å². The average Bonchev–Trinajstić information content (AvgIpc) is 3.27. The van der Waals surface area contributed by atoms with Gasteiger partial charge in [-0.05, 0) is 49.7 Å². The maximum Gasteiger partial charge on any atom is 0.249 e. The van der Waals surface area contributed by atoms with E-state index < -0.39 is 0 Å². The molecule has 0 aliphatic carbocycles. The van der Waals surface area contributed by atoms with Crippen molar-refractivity contribution >= 4 is 30.7 Å². The van der Waals surface area contributed by atoms with Gasteiger partial charge in [0.05, 0.1) is 0 Å². The van der Waals surface area contributed by atoms with Gasteiger partial charge in [0, 0.05) is 36.5 Å². The van der Waals surface area contributed by atoms with E-state index in [0.29, 0.717) is 36.1 Å². The van der Waals surface area contributed by atoms with Crippen molar-refractivity contribution in [3.8, 4) is 11.4 Å². The van der Waals surface area contributed by atoms with Gasteiger partial charge in [-0.15, -0.1) is 24.8 Å². The molecule has 2 N–H and O–H groups in total. The lowest BCUT2D eigenvalue weighted by atomic mass is 9.89. The third kappa shape index (κ3) is 5.68. The van der Waals surface area contributed by atoms with E-state index in [1.165, 1.54) is 12.8 Å². The zero-order valence-corrected chi connectivity index (χ0v) is 18.3. The number of nitrogens with zero attached hydrogens (tertiary/aromatic N) is 3. The molecular formula is C20H29Cl2N5O2.